The average molecular weight is 492 g/mol. The minimum Gasteiger partial charge on any atom is -0.322 e. The van der Waals surface area contributed by atoms with Gasteiger partial charge in [-0.1, -0.05) is 59.1 Å². The van der Waals surface area contributed by atoms with E-state index < -0.39 is 0 Å². The second-order valence-corrected chi connectivity index (χ2v) is 9.34. The van der Waals surface area contributed by atoms with Crippen molar-refractivity contribution >= 4 is 64.1 Å². The van der Waals surface area contributed by atoms with Crippen LogP contribution in [0, 0.1) is 0 Å². The molecule has 0 spiro atoms. The topological polar surface area (TPSA) is 49.4 Å². The fourth-order valence-corrected chi connectivity index (χ4v) is 4.88. The van der Waals surface area contributed by atoms with Crippen molar-refractivity contribution in [2.24, 2.45) is 0 Å². The van der Waals surface area contributed by atoms with Crippen LogP contribution in [0.25, 0.3) is 0 Å². The Morgan fingerprint density at radius 1 is 0.968 bits per heavy atom. The fraction of sp³-hybridized carbons (Fsp3) is 0.130. The van der Waals surface area contributed by atoms with Gasteiger partial charge in [0.2, 0.25) is 5.91 Å². The molecular weight excluding hydrogens is 475 g/mol. The van der Waals surface area contributed by atoms with Crippen LogP contribution in [0.4, 0.5) is 5.69 Å². The molecule has 3 aromatic rings. The number of anilines is 1. The number of carbonyl (C=O) groups excluding carboxylic acids is 2. The molecule has 0 unspecified atom stereocenters. The molecule has 1 aliphatic heterocycles. The molecule has 31 heavy (non-hydrogen) atoms. The summed E-state index contributed by atoms with van der Waals surface area (Å²) >= 11 is 19.5. The van der Waals surface area contributed by atoms with Crippen molar-refractivity contribution in [2.45, 2.75) is 11.9 Å². The molecule has 0 aromatic heterocycles. The molecule has 0 saturated carbocycles. The highest BCUT2D eigenvalue weighted by Gasteiger charge is 2.32. The Bertz CT molecular complexity index is 1120. The molecule has 1 aliphatic rings. The van der Waals surface area contributed by atoms with Crippen LogP contribution >= 0.6 is 46.6 Å². The molecule has 4 rings (SSSR count). The van der Waals surface area contributed by atoms with Gasteiger partial charge in [0.25, 0.3) is 5.91 Å². The zero-order valence-electron chi connectivity index (χ0n) is 16.1. The summed E-state index contributed by atoms with van der Waals surface area (Å²) < 4.78 is 0. The zero-order chi connectivity index (χ0) is 22.0. The molecule has 0 bridgehead atoms. The Labute approximate surface area is 199 Å². The number of hydrogen-bond acceptors (Lipinski definition) is 3. The van der Waals surface area contributed by atoms with E-state index in [0.29, 0.717) is 38.6 Å². The van der Waals surface area contributed by atoms with Gasteiger partial charge in [0.05, 0.1) is 15.8 Å². The van der Waals surface area contributed by atoms with Gasteiger partial charge in [-0.05, 0) is 53.6 Å². The van der Waals surface area contributed by atoms with E-state index >= 15 is 0 Å². The lowest BCUT2D eigenvalue weighted by Crippen LogP contribution is -2.27. The summed E-state index contributed by atoms with van der Waals surface area (Å²) in [5.41, 5.74) is 3.06. The molecule has 2 amide bonds. The van der Waals surface area contributed by atoms with Gasteiger partial charge in [-0.25, -0.2) is 0 Å². The Morgan fingerprint density at radius 3 is 2.35 bits per heavy atom. The summed E-state index contributed by atoms with van der Waals surface area (Å²) in [6.45, 7) is 0.507. The molecule has 8 heteroatoms. The first-order valence-corrected chi connectivity index (χ1v) is 11.6. The number of carbonyl (C=O) groups is 2. The van der Waals surface area contributed by atoms with Crippen molar-refractivity contribution in [1.82, 2.24) is 4.90 Å². The molecule has 1 atom stereocenters. The van der Waals surface area contributed by atoms with E-state index in [1.807, 2.05) is 41.3 Å². The molecule has 0 aliphatic carbocycles. The standard InChI is InChI=1S/C23H17Cl3N2O2S/c24-17-7-1-14(2-8-17)12-28-21(29)13-31-23(28)16-5-3-15(4-6-16)22(30)27-18-9-10-19(25)20(26)11-18/h1-11,23H,12-13H2,(H,27,30)/t23-/m1/s1. The first-order valence-electron chi connectivity index (χ1n) is 9.42. The third kappa shape index (κ3) is 5.18. The van der Waals surface area contributed by atoms with Crippen LogP contribution in [0.15, 0.2) is 66.7 Å². The summed E-state index contributed by atoms with van der Waals surface area (Å²) in [4.78, 5) is 26.9. The summed E-state index contributed by atoms with van der Waals surface area (Å²) in [5, 5.41) is 4.17. The summed E-state index contributed by atoms with van der Waals surface area (Å²) in [6.07, 6.45) is 0. The van der Waals surface area contributed by atoms with Gasteiger partial charge in [0.1, 0.15) is 5.37 Å². The number of thioether (sulfide) groups is 1. The van der Waals surface area contributed by atoms with Crippen LogP contribution in [0.1, 0.15) is 26.9 Å². The van der Waals surface area contributed by atoms with Gasteiger partial charge >= 0.3 is 0 Å². The summed E-state index contributed by atoms with van der Waals surface area (Å²) in [6, 6.07) is 19.7. The van der Waals surface area contributed by atoms with E-state index in [2.05, 4.69) is 5.32 Å². The number of halogens is 3. The van der Waals surface area contributed by atoms with E-state index in [4.69, 9.17) is 34.8 Å². The second-order valence-electron chi connectivity index (χ2n) is 7.02. The maximum absolute atomic E-state index is 12.6. The van der Waals surface area contributed by atoms with Crippen molar-refractivity contribution in [2.75, 3.05) is 11.1 Å². The normalized spacial score (nSPS) is 15.9. The van der Waals surface area contributed by atoms with Gasteiger partial charge in [-0.3, -0.25) is 9.59 Å². The van der Waals surface area contributed by atoms with E-state index in [9.17, 15) is 9.59 Å². The quantitative estimate of drug-likeness (QED) is 0.433. The Balaban J connectivity index is 1.47. The minimum atomic E-state index is -0.252. The van der Waals surface area contributed by atoms with Crippen LogP contribution in [-0.2, 0) is 11.3 Å². The van der Waals surface area contributed by atoms with Gasteiger partial charge < -0.3 is 10.2 Å². The molecule has 1 N–H and O–H groups in total. The van der Waals surface area contributed by atoms with Gasteiger partial charge in [0.15, 0.2) is 0 Å². The largest absolute Gasteiger partial charge is 0.322 e. The average Bonchev–Trinajstić information content (AvgIpc) is 3.12. The number of nitrogens with one attached hydrogen (secondary N) is 1. The van der Waals surface area contributed by atoms with Crippen LogP contribution < -0.4 is 5.32 Å². The van der Waals surface area contributed by atoms with Crippen molar-refractivity contribution < 1.29 is 9.59 Å². The highest BCUT2D eigenvalue weighted by Crippen LogP contribution is 2.39. The third-order valence-electron chi connectivity index (χ3n) is 4.87. The highest BCUT2D eigenvalue weighted by atomic mass is 35.5. The first kappa shape index (κ1) is 22.0. The second kappa shape index (κ2) is 9.53. The Hall–Kier alpha value is -2.18. The number of rotatable bonds is 5. The van der Waals surface area contributed by atoms with Gasteiger partial charge in [-0.2, -0.15) is 0 Å². The van der Waals surface area contributed by atoms with Crippen molar-refractivity contribution in [3.8, 4) is 0 Å². The van der Waals surface area contributed by atoms with Crippen molar-refractivity contribution in [1.29, 1.82) is 0 Å². The van der Waals surface area contributed by atoms with Crippen LogP contribution in [0.5, 0.6) is 0 Å². The molecule has 0 radical (unpaired) electrons. The maximum Gasteiger partial charge on any atom is 0.255 e. The Morgan fingerprint density at radius 2 is 1.68 bits per heavy atom. The molecule has 158 valence electrons. The van der Waals surface area contributed by atoms with Gasteiger partial charge in [0, 0.05) is 22.8 Å². The number of benzene rings is 3. The lowest BCUT2D eigenvalue weighted by atomic mass is 10.1. The maximum atomic E-state index is 12.6. The lowest BCUT2D eigenvalue weighted by Gasteiger charge is -2.24. The van der Waals surface area contributed by atoms with Crippen LogP contribution in [-0.4, -0.2) is 22.5 Å². The predicted molar refractivity (Wildman–Crippen MR) is 128 cm³/mol. The SMILES string of the molecule is O=C(Nc1ccc(Cl)c(Cl)c1)c1ccc([C@H]2SCC(=O)N2Cc2ccc(Cl)cc2)cc1. The minimum absolute atomic E-state index is 0.0892. The third-order valence-corrected chi connectivity index (χ3v) is 7.12. The number of nitrogens with zero attached hydrogens (tertiary/aromatic N) is 1. The van der Waals surface area contributed by atoms with Gasteiger partial charge in [-0.15, -0.1) is 11.8 Å². The first-order chi connectivity index (χ1) is 14.9. The molecule has 1 fully saturated rings. The van der Waals surface area contributed by atoms with Crippen molar-refractivity contribution in [3.63, 3.8) is 0 Å². The molecular formula is C23H17Cl3N2O2S. The van der Waals surface area contributed by atoms with E-state index in [-0.39, 0.29) is 17.2 Å². The molecule has 1 saturated heterocycles. The monoisotopic (exact) mass is 490 g/mol. The Kier molecular flexibility index (Phi) is 6.77. The molecule has 3 aromatic carbocycles. The van der Waals surface area contributed by atoms with Crippen molar-refractivity contribution in [3.05, 3.63) is 98.5 Å². The molecule has 4 nitrogen and oxygen atoms in total. The summed E-state index contributed by atoms with van der Waals surface area (Å²) in [7, 11) is 0. The summed E-state index contributed by atoms with van der Waals surface area (Å²) in [5.74, 6) is 0.266. The lowest BCUT2D eigenvalue weighted by molar-refractivity contribution is -0.128. The van der Waals surface area contributed by atoms with E-state index in [0.717, 1.165) is 11.1 Å². The number of hydrogen-bond donors (Lipinski definition) is 1. The fourth-order valence-electron chi connectivity index (χ4n) is 3.26. The van der Waals surface area contributed by atoms with E-state index in [1.165, 1.54) is 0 Å². The van der Waals surface area contributed by atoms with Crippen LogP contribution in [0.3, 0.4) is 0 Å². The smallest absolute Gasteiger partial charge is 0.255 e. The van der Waals surface area contributed by atoms with E-state index in [1.54, 1.807) is 42.1 Å². The molecule has 1 heterocycles. The highest BCUT2D eigenvalue weighted by molar-refractivity contribution is 8.00. The zero-order valence-corrected chi connectivity index (χ0v) is 19.2. The predicted octanol–water partition coefficient (Wildman–Crippen LogP) is 6.67. The van der Waals surface area contributed by atoms with Crippen LogP contribution in [0.2, 0.25) is 15.1 Å². The number of amides is 2.